The fourth-order valence-corrected chi connectivity index (χ4v) is 6.87. The van der Waals surface area contributed by atoms with Crippen LogP contribution in [0.2, 0.25) is 0 Å². The second-order valence-corrected chi connectivity index (χ2v) is 10.6. The first-order valence-electron chi connectivity index (χ1n) is 13.1. The van der Waals surface area contributed by atoms with Crippen molar-refractivity contribution in [2.45, 2.75) is 75.9 Å². The molecule has 3 atom stereocenters. The van der Waals surface area contributed by atoms with E-state index in [2.05, 4.69) is 35.1 Å². The van der Waals surface area contributed by atoms with Crippen LogP contribution in [-0.4, -0.2) is 45.8 Å². The van der Waals surface area contributed by atoms with Crippen molar-refractivity contribution < 1.29 is 13.7 Å². The molecule has 0 bridgehead atoms. The van der Waals surface area contributed by atoms with Crippen molar-refractivity contribution in [3.8, 4) is 23.5 Å². The van der Waals surface area contributed by atoms with E-state index in [4.69, 9.17) is 20.0 Å². The minimum Gasteiger partial charge on any atom is -0.473 e. The van der Waals surface area contributed by atoms with Crippen LogP contribution in [0.4, 0.5) is 10.1 Å². The maximum Gasteiger partial charge on any atom is 0.217 e. The lowest BCUT2D eigenvalue weighted by atomic mass is 9.61. The Balaban J connectivity index is 1.40. The summed E-state index contributed by atoms with van der Waals surface area (Å²) in [5.41, 5.74) is 8.76. The van der Waals surface area contributed by atoms with E-state index >= 15 is 4.39 Å². The lowest BCUT2D eigenvalue weighted by Gasteiger charge is -2.41. The maximum atomic E-state index is 15.0. The van der Waals surface area contributed by atoms with Crippen LogP contribution in [0.15, 0.2) is 22.9 Å². The van der Waals surface area contributed by atoms with Crippen molar-refractivity contribution >= 4 is 5.69 Å². The van der Waals surface area contributed by atoms with Crippen molar-refractivity contribution in [3.63, 3.8) is 0 Å². The number of halogens is 1. The molecule has 2 N–H and O–H groups in total. The number of fused-ring (bicyclic) bond motifs is 4. The maximum absolute atomic E-state index is 15.0. The van der Waals surface area contributed by atoms with Gasteiger partial charge in [-0.2, -0.15) is 10.2 Å². The van der Waals surface area contributed by atoms with Gasteiger partial charge < -0.3 is 15.0 Å². The average molecular weight is 503 g/mol. The van der Waals surface area contributed by atoms with E-state index in [-0.39, 0.29) is 17.6 Å². The van der Waals surface area contributed by atoms with E-state index in [0.29, 0.717) is 52.3 Å². The fourth-order valence-electron chi connectivity index (χ4n) is 6.87. The number of nitrogen functional groups attached to an aromatic ring is 1. The molecule has 9 heteroatoms. The molecule has 192 valence electrons. The zero-order valence-corrected chi connectivity index (χ0v) is 21.3. The van der Waals surface area contributed by atoms with E-state index in [1.165, 1.54) is 12.5 Å². The van der Waals surface area contributed by atoms with E-state index in [9.17, 15) is 5.26 Å². The van der Waals surface area contributed by atoms with E-state index in [0.717, 1.165) is 50.6 Å². The van der Waals surface area contributed by atoms with Gasteiger partial charge in [0.05, 0.1) is 16.7 Å². The number of aromatic nitrogens is 3. The van der Waals surface area contributed by atoms with Crippen LogP contribution in [0.5, 0.6) is 5.88 Å². The van der Waals surface area contributed by atoms with Gasteiger partial charge in [0.15, 0.2) is 17.3 Å². The molecule has 6 rings (SSSR count). The van der Waals surface area contributed by atoms with Gasteiger partial charge in [-0.15, -0.1) is 0 Å². The van der Waals surface area contributed by atoms with E-state index < -0.39 is 5.41 Å². The van der Waals surface area contributed by atoms with Gasteiger partial charge in [-0.05, 0) is 89.1 Å². The second-order valence-electron chi connectivity index (χ2n) is 10.6. The molecule has 2 aliphatic carbocycles. The molecule has 1 aromatic carbocycles. The Hall–Kier alpha value is -3.51. The molecule has 8 nitrogen and oxygen atoms in total. The number of nitrogens with zero attached hydrogens (tertiary/aromatic N) is 5. The largest absolute Gasteiger partial charge is 0.473 e. The molecule has 1 saturated heterocycles. The molecule has 1 fully saturated rings. The second kappa shape index (κ2) is 9.10. The lowest BCUT2D eigenvalue weighted by Crippen LogP contribution is -2.38. The summed E-state index contributed by atoms with van der Waals surface area (Å²) in [5, 5.41) is 14.4. The summed E-state index contributed by atoms with van der Waals surface area (Å²) in [4.78, 5) is 11.5. The van der Waals surface area contributed by atoms with Gasteiger partial charge >= 0.3 is 0 Å². The van der Waals surface area contributed by atoms with Crippen molar-refractivity contribution in [3.05, 3.63) is 52.2 Å². The number of rotatable bonds is 4. The normalized spacial score (nSPS) is 23.9. The summed E-state index contributed by atoms with van der Waals surface area (Å²) in [5.74, 6) is 1.28. The van der Waals surface area contributed by atoms with Gasteiger partial charge in [0.2, 0.25) is 5.88 Å². The number of benzene rings is 1. The molecule has 1 spiro atoms. The molecule has 2 aromatic heterocycles. The highest BCUT2D eigenvalue weighted by atomic mass is 19.1. The number of likely N-dealkylation sites (N-methyl/N-ethyl adjacent to an activating group) is 1. The van der Waals surface area contributed by atoms with Crippen molar-refractivity contribution in [2.24, 2.45) is 0 Å². The summed E-state index contributed by atoms with van der Waals surface area (Å²) >= 11 is 0. The lowest BCUT2D eigenvalue weighted by molar-refractivity contribution is 0.117. The number of hydrogen-bond acceptors (Lipinski definition) is 8. The Morgan fingerprint density at radius 1 is 1.27 bits per heavy atom. The van der Waals surface area contributed by atoms with Crippen LogP contribution in [0.3, 0.4) is 0 Å². The summed E-state index contributed by atoms with van der Waals surface area (Å²) < 4.78 is 27.3. The smallest absolute Gasteiger partial charge is 0.217 e. The molecule has 37 heavy (non-hydrogen) atoms. The minimum atomic E-state index is -0.636. The third-order valence-electron chi connectivity index (χ3n) is 8.55. The SMILES string of the molecule is CC(Oc1ccnc(-c2noc3c2CCCC32CCCc3c(F)cc(N)c(C#N)c32)n1)C1CCCN1C. The highest BCUT2D eigenvalue weighted by Crippen LogP contribution is 2.53. The van der Waals surface area contributed by atoms with Crippen molar-refractivity contribution in [1.29, 1.82) is 5.26 Å². The summed E-state index contributed by atoms with van der Waals surface area (Å²) in [7, 11) is 2.13. The van der Waals surface area contributed by atoms with Gasteiger partial charge in [0.25, 0.3) is 0 Å². The monoisotopic (exact) mass is 502 g/mol. The number of nitrogens with two attached hydrogens (primary N) is 1. The molecule has 0 radical (unpaired) electrons. The Morgan fingerprint density at radius 2 is 2.05 bits per heavy atom. The number of nitriles is 1. The van der Waals surface area contributed by atoms with Crippen LogP contribution in [0, 0.1) is 17.1 Å². The Kier molecular flexibility index (Phi) is 5.87. The molecule has 1 aliphatic heterocycles. The number of hydrogen-bond donors (Lipinski definition) is 1. The molecule has 3 heterocycles. The first-order valence-corrected chi connectivity index (χ1v) is 13.1. The van der Waals surface area contributed by atoms with Crippen LogP contribution < -0.4 is 10.5 Å². The van der Waals surface area contributed by atoms with E-state index in [1.54, 1.807) is 12.3 Å². The first kappa shape index (κ1) is 23.9. The molecule has 3 unspecified atom stereocenters. The zero-order chi connectivity index (χ0) is 25.7. The highest BCUT2D eigenvalue weighted by molar-refractivity contribution is 5.67. The van der Waals surface area contributed by atoms with Gasteiger partial charge in [-0.1, -0.05) is 5.16 Å². The minimum absolute atomic E-state index is 0.00626. The number of anilines is 1. The van der Waals surface area contributed by atoms with Gasteiger partial charge in [-0.3, -0.25) is 4.90 Å². The summed E-state index contributed by atoms with van der Waals surface area (Å²) in [6.45, 7) is 3.15. The predicted molar refractivity (Wildman–Crippen MR) is 135 cm³/mol. The first-order chi connectivity index (χ1) is 17.9. The molecule has 3 aromatic rings. The van der Waals surface area contributed by atoms with Crippen LogP contribution in [-0.2, 0) is 18.3 Å². The number of ether oxygens (including phenoxy) is 1. The molecular formula is C28H31FN6O2. The summed E-state index contributed by atoms with van der Waals surface area (Å²) in [6, 6.07) is 5.64. The van der Waals surface area contributed by atoms with Crippen LogP contribution in [0.25, 0.3) is 11.5 Å². The Bertz CT molecular complexity index is 1390. The highest BCUT2D eigenvalue weighted by Gasteiger charge is 2.48. The zero-order valence-electron chi connectivity index (χ0n) is 21.3. The average Bonchev–Trinajstić information content (AvgIpc) is 3.52. The fraction of sp³-hybridized carbons (Fsp3) is 0.500. The third-order valence-corrected chi connectivity index (χ3v) is 8.55. The summed E-state index contributed by atoms with van der Waals surface area (Å²) in [6.07, 6.45) is 8.40. The van der Waals surface area contributed by atoms with Crippen molar-refractivity contribution in [1.82, 2.24) is 20.0 Å². The van der Waals surface area contributed by atoms with Crippen LogP contribution in [0.1, 0.15) is 73.5 Å². The van der Waals surface area contributed by atoms with Crippen molar-refractivity contribution in [2.75, 3.05) is 19.3 Å². The van der Waals surface area contributed by atoms with Crippen LogP contribution >= 0.6 is 0 Å². The van der Waals surface area contributed by atoms with Gasteiger partial charge in [-0.25, -0.2) is 9.37 Å². The van der Waals surface area contributed by atoms with E-state index in [1.807, 2.05) is 0 Å². The number of likely N-dealkylation sites (tertiary alicyclic amines) is 1. The molecule has 3 aliphatic rings. The topological polar surface area (TPSA) is 114 Å². The predicted octanol–water partition coefficient (Wildman–Crippen LogP) is 4.54. The molecular weight excluding hydrogens is 471 g/mol. The Morgan fingerprint density at radius 3 is 2.78 bits per heavy atom. The quantitative estimate of drug-likeness (QED) is 0.517. The molecule has 0 amide bonds. The van der Waals surface area contributed by atoms with Gasteiger partial charge in [0, 0.05) is 23.9 Å². The standard InChI is InChI=1S/C28H31FN6O2/c1-16(22-8-5-13-35(22)2)36-23-9-12-32-27(33-23)25-18-7-4-11-28(26(18)37-34-25)10-3-6-17-20(29)14-21(31)19(15-30)24(17)28/h9,12,14,16,22H,3-8,10-11,13,31H2,1-2H3. The molecule has 0 saturated carbocycles. The Labute approximate surface area is 215 Å². The van der Waals surface area contributed by atoms with Gasteiger partial charge in [0.1, 0.15) is 18.0 Å². The third kappa shape index (κ3) is 3.77.